The fraction of sp³-hybridized carbons (Fsp3) is 0.417. The Morgan fingerprint density at radius 3 is 2.74 bits per heavy atom. The van der Waals surface area contributed by atoms with Gasteiger partial charge < -0.3 is 15.8 Å². The third kappa shape index (κ3) is 6.66. The Hall–Kier alpha value is -1.76. The van der Waals surface area contributed by atoms with Crippen molar-refractivity contribution in [2.45, 2.75) is 12.6 Å². The molecule has 1 aromatic carbocycles. The van der Waals surface area contributed by atoms with Gasteiger partial charge in [0.15, 0.2) is 0 Å². The van der Waals surface area contributed by atoms with Crippen LogP contribution in [0.2, 0.25) is 0 Å². The van der Waals surface area contributed by atoms with E-state index in [0.717, 1.165) is 0 Å². The van der Waals surface area contributed by atoms with E-state index < -0.39 is 18.6 Å². The molecule has 106 valence electrons. The Kier molecular flexibility index (Phi) is 5.62. The Balaban J connectivity index is 2.49. The predicted molar refractivity (Wildman–Crippen MR) is 63.8 cm³/mol. The van der Waals surface area contributed by atoms with Gasteiger partial charge in [-0.2, -0.15) is 13.2 Å². The van der Waals surface area contributed by atoms with Crippen LogP contribution in [0, 0.1) is 0 Å². The molecule has 0 unspecified atom stereocenters. The monoisotopic (exact) mass is 276 g/mol. The van der Waals surface area contributed by atoms with Crippen LogP contribution in [0.15, 0.2) is 24.3 Å². The standard InChI is InChI=1S/C12H15F3N2O2/c13-12(14,15)8-17-11(18)7-9-2-1-3-10(6-9)19-5-4-16/h1-3,6H,4-5,7-8,16H2,(H,17,18). The minimum atomic E-state index is -4.40. The lowest BCUT2D eigenvalue weighted by Gasteiger charge is -2.09. The van der Waals surface area contributed by atoms with Gasteiger partial charge in [0.25, 0.3) is 0 Å². The molecule has 0 aromatic heterocycles. The van der Waals surface area contributed by atoms with Gasteiger partial charge in [-0.1, -0.05) is 12.1 Å². The van der Waals surface area contributed by atoms with Crippen LogP contribution in [0.1, 0.15) is 5.56 Å². The van der Waals surface area contributed by atoms with Crippen molar-refractivity contribution in [3.63, 3.8) is 0 Å². The summed E-state index contributed by atoms with van der Waals surface area (Å²) < 4.78 is 41.0. The van der Waals surface area contributed by atoms with Crippen molar-refractivity contribution in [3.8, 4) is 5.75 Å². The van der Waals surface area contributed by atoms with Crippen LogP contribution in [0.5, 0.6) is 5.75 Å². The maximum Gasteiger partial charge on any atom is 0.405 e. The third-order valence-electron chi connectivity index (χ3n) is 2.14. The molecule has 0 radical (unpaired) electrons. The van der Waals surface area contributed by atoms with Crippen molar-refractivity contribution in [2.24, 2.45) is 5.73 Å². The van der Waals surface area contributed by atoms with Gasteiger partial charge in [0.1, 0.15) is 18.9 Å². The number of rotatable bonds is 6. The van der Waals surface area contributed by atoms with Crippen molar-refractivity contribution >= 4 is 5.91 Å². The summed E-state index contributed by atoms with van der Waals surface area (Å²) >= 11 is 0. The van der Waals surface area contributed by atoms with E-state index in [0.29, 0.717) is 24.5 Å². The summed E-state index contributed by atoms with van der Waals surface area (Å²) in [5.74, 6) is -0.153. The van der Waals surface area contributed by atoms with Crippen molar-refractivity contribution in [2.75, 3.05) is 19.7 Å². The fourth-order valence-electron chi connectivity index (χ4n) is 1.37. The van der Waals surface area contributed by atoms with E-state index in [1.807, 2.05) is 5.32 Å². The van der Waals surface area contributed by atoms with Gasteiger partial charge >= 0.3 is 6.18 Å². The number of alkyl halides is 3. The van der Waals surface area contributed by atoms with Crippen LogP contribution in [-0.4, -0.2) is 31.8 Å². The van der Waals surface area contributed by atoms with Gasteiger partial charge in [0.05, 0.1) is 6.42 Å². The van der Waals surface area contributed by atoms with E-state index >= 15 is 0 Å². The summed E-state index contributed by atoms with van der Waals surface area (Å²) in [4.78, 5) is 11.3. The summed E-state index contributed by atoms with van der Waals surface area (Å²) in [6.45, 7) is -0.630. The molecular weight excluding hydrogens is 261 g/mol. The number of ether oxygens (including phenoxy) is 1. The number of benzene rings is 1. The second kappa shape index (κ2) is 6.98. The molecule has 0 aliphatic heterocycles. The summed E-state index contributed by atoms with van der Waals surface area (Å²) in [6.07, 6.45) is -4.53. The first-order valence-electron chi connectivity index (χ1n) is 5.66. The molecule has 3 N–H and O–H groups in total. The molecule has 0 aliphatic carbocycles. The molecule has 1 rings (SSSR count). The Labute approximate surface area is 108 Å². The number of hydrogen-bond donors (Lipinski definition) is 2. The van der Waals surface area contributed by atoms with Gasteiger partial charge in [0, 0.05) is 6.54 Å². The minimum absolute atomic E-state index is 0.129. The average molecular weight is 276 g/mol. The molecule has 0 spiro atoms. The highest BCUT2D eigenvalue weighted by Gasteiger charge is 2.27. The van der Waals surface area contributed by atoms with E-state index in [4.69, 9.17) is 10.5 Å². The molecule has 0 saturated carbocycles. The molecule has 4 nitrogen and oxygen atoms in total. The molecule has 0 aliphatic rings. The number of carbonyl (C=O) groups excluding carboxylic acids is 1. The third-order valence-corrected chi connectivity index (χ3v) is 2.14. The number of amides is 1. The lowest BCUT2D eigenvalue weighted by molar-refractivity contribution is -0.138. The van der Waals surface area contributed by atoms with Crippen molar-refractivity contribution in [1.82, 2.24) is 5.32 Å². The second-order valence-corrected chi connectivity index (χ2v) is 3.85. The van der Waals surface area contributed by atoms with E-state index in [-0.39, 0.29) is 6.42 Å². The highest BCUT2D eigenvalue weighted by molar-refractivity contribution is 5.78. The van der Waals surface area contributed by atoms with Crippen LogP contribution in [0.25, 0.3) is 0 Å². The van der Waals surface area contributed by atoms with Crippen LogP contribution in [-0.2, 0) is 11.2 Å². The molecule has 0 bridgehead atoms. The summed E-state index contributed by atoms with van der Waals surface area (Å²) in [5.41, 5.74) is 5.86. The molecular formula is C12H15F3N2O2. The zero-order chi connectivity index (χ0) is 14.3. The van der Waals surface area contributed by atoms with Crippen LogP contribution < -0.4 is 15.8 Å². The summed E-state index contributed by atoms with van der Waals surface area (Å²) in [7, 11) is 0. The SMILES string of the molecule is NCCOc1cccc(CC(=O)NCC(F)(F)F)c1. The predicted octanol–water partition coefficient (Wildman–Crippen LogP) is 1.25. The quantitative estimate of drug-likeness (QED) is 0.821. The Morgan fingerprint density at radius 2 is 2.11 bits per heavy atom. The number of nitrogens with two attached hydrogens (primary N) is 1. The Morgan fingerprint density at radius 1 is 1.37 bits per heavy atom. The number of nitrogens with one attached hydrogen (secondary N) is 1. The molecule has 19 heavy (non-hydrogen) atoms. The lowest BCUT2D eigenvalue weighted by Crippen LogP contribution is -2.34. The van der Waals surface area contributed by atoms with Gasteiger partial charge in [-0.25, -0.2) is 0 Å². The zero-order valence-electron chi connectivity index (χ0n) is 10.2. The normalized spacial score (nSPS) is 11.2. The summed E-state index contributed by atoms with van der Waals surface area (Å²) in [6, 6.07) is 6.59. The van der Waals surface area contributed by atoms with Crippen LogP contribution >= 0.6 is 0 Å². The van der Waals surface area contributed by atoms with E-state index in [1.165, 1.54) is 0 Å². The van der Waals surface area contributed by atoms with Gasteiger partial charge in [0.2, 0.25) is 5.91 Å². The smallest absolute Gasteiger partial charge is 0.405 e. The van der Waals surface area contributed by atoms with Crippen LogP contribution in [0.4, 0.5) is 13.2 Å². The number of carbonyl (C=O) groups is 1. The van der Waals surface area contributed by atoms with Gasteiger partial charge in [-0.15, -0.1) is 0 Å². The molecule has 0 saturated heterocycles. The maximum atomic E-state index is 11.9. The number of hydrogen-bond acceptors (Lipinski definition) is 3. The Bertz CT molecular complexity index is 422. The molecule has 0 fully saturated rings. The molecule has 1 aromatic rings. The van der Waals surface area contributed by atoms with Crippen molar-refractivity contribution in [3.05, 3.63) is 29.8 Å². The molecule has 7 heteroatoms. The lowest BCUT2D eigenvalue weighted by atomic mass is 10.1. The maximum absolute atomic E-state index is 11.9. The minimum Gasteiger partial charge on any atom is -0.492 e. The van der Waals surface area contributed by atoms with E-state index in [9.17, 15) is 18.0 Å². The molecule has 0 atom stereocenters. The van der Waals surface area contributed by atoms with Gasteiger partial charge in [-0.05, 0) is 17.7 Å². The zero-order valence-corrected chi connectivity index (χ0v) is 10.2. The highest BCUT2D eigenvalue weighted by Crippen LogP contribution is 2.14. The molecule has 1 amide bonds. The molecule has 0 heterocycles. The highest BCUT2D eigenvalue weighted by atomic mass is 19.4. The fourth-order valence-corrected chi connectivity index (χ4v) is 1.37. The first-order valence-corrected chi connectivity index (χ1v) is 5.66. The van der Waals surface area contributed by atoms with Crippen molar-refractivity contribution < 1.29 is 22.7 Å². The van der Waals surface area contributed by atoms with Gasteiger partial charge in [-0.3, -0.25) is 4.79 Å². The van der Waals surface area contributed by atoms with E-state index in [1.54, 1.807) is 24.3 Å². The average Bonchev–Trinajstić information content (AvgIpc) is 2.33. The number of halogens is 3. The van der Waals surface area contributed by atoms with Crippen LogP contribution in [0.3, 0.4) is 0 Å². The second-order valence-electron chi connectivity index (χ2n) is 3.85. The largest absolute Gasteiger partial charge is 0.492 e. The first kappa shape index (κ1) is 15.3. The topological polar surface area (TPSA) is 64.3 Å². The van der Waals surface area contributed by atoms with E-state index in [2.05, 4.69) is 0 Å². The summed E-state index contributed by atoms with van der Waals surface area (Å²) in [5, 5.41) is 1.81. The first-order chi connectivity index (χ1) is 8.90. The van der Waals surface area contributed by atoms with Crippen molar-refractivity contribution in [1.29, 1.82) is 0 Å².